The third kappa shape index (κ3) is 2.58. The number of rotatable bonds is 3. The van der Waals surface area contributed by atoms with Crippen LogP contribution >= 0.6 is 12.2 Å². The fourth-order valence-electron chi connectivity index (χ4n) is 1.54. The molecule has 0 saturated carbocycles. The maximum absolute atomic E-state index is 8.43. The van der Waals surface area contributed by atoms with Gasteiger partial charge in [-0.25, -0.2) is 4.40 Å². The lowest BCUT2D eigenvalue weighted by molar-refractivity contribution is 0.665. The minimum Gasteiger partial charge on any atom is -0.311 e. The Hall–Kier alpha value is -1.32. The van der Waals surface area contributed by atoms with Gasteiger partial charge in [-0.3, -0.25) is 0 Å². The Balaban J connectivity index is 2.26. The van der Waals surface area contributed by atoms with E-state index in [-0.39, 0.29) is 0 Å². The van der Waals surface area contributed by atoms with Crippen LogP contribution in [0.4, 0.5) is 0 Å². The molecule has 0 aliphatic rings. The highest BCUT2D eigenvalue weighted by atomic mass is 32.2. The maximum atomic E-state index is 8.43. The molecule has 76 valence electrons. The number of hydrogen-bond donors (Lipinski definition) is 1. The second-order valence-corrected chi connectivity index (χ2v) is 3.63. The van der Waals surface area contributed by atoms with Crippen LogP contribution in [0.25, 0.3) is 10.8 Å². The van der Waals surface area contributed by atoms with E-state index in [4.69, 9.17) is 4.55 Å². The first-order chi connectivity index (χ1) is 7.40. The van der Waals surface area contributed by atoms with E-state index in [1.807, 2.05) is 12.1 Å². The van der Waals surface area contributed by atoms with Crippen molar-refractivity contribution in [2.24, 2.45) is 4.40 Å². The molecule has 0 saturated heterocycles. The lowest BCUT2D eigenvalue weighted by atomic mass is 10.1. The monoisotopic (exact) mass is 217 g/mol. The van der Waals surface area contributed by atoms with Crippen molar-refractivity contribution in [2.75, 3.05) is 0 Å². The molecule has 2 aromatic rings. The first-order valence-electron chi connectivity index (χ1n) is 4.70. The Bertz CT molecular complexity index is 482. The van der Waals surface area contributed by atoms with Crippen LogP contribution < -0.4 is 0 Å². The van der Waals surface area contributed by atoms with E-state index in [1.54, 1.807) is 6.21 Å². The Kier molecular flexibility index (Phi) is 3.37. The fourth-order valence-corrected chi connectivity index (χ4v) is 1.68. The van der Waals surface area contributed by atoms with Crippen LogP contribution in [0.3, 0.4) is 0 Å². The topological polar surface area (TPSA) is 32.6 Å². The smallest absolute Gasteiger partial charge is 0.133 e. The van der Waals surface area contributed by atoms with Gasteiger partial charge in [0, 0.05) is 12.6 Å². The molecule has 3 heteroatoms. The summed E-state index contributed by atoms with van der Waals surface area (Å²) in [6.45, 7) is 0. The molecule has 0 heterocycles. The van der Waals surface area contributed by atoms with E-state index in [0.717, 1.165) is 6.42 Å². The van der Waals surface area contributed by atoms with E-state index in [1.165, 1.54) is 16.3 Å². The van der Waals surface area contributed by atoms with Gasteiger partial charge in [-0.05, 0) is 16.3 Å². The first kappa shape index (κ1) is 10.2. The highest BCUT2D eigenvalue weighted by Crippen LogP contribution is 2.15. The molecule has 0 aliphatic heterocycles. The summed E-state index contributed by atoms with van der Waals surface area (Å²) in [5, 5.41) is 2.48. The molecule has 2 rings (SSSR count). The largest absolute Gasteiger partial charge is 0.311 e. The zero-order valence-corrected chi connectivity index (χ0v) is 8.95. The fraction of sp³-hybridized carbons (Fsp3) is 0.0833. The highest BCUT2D eigenvalue weighted by Gasteiger charge is 1.94. The van der Waals surface area contributed by atoms with E-state index < -0.39 is 0 Å². The number of hydrogen-bond acceptors (Lipinski definition) is 3. The Morgan fingerprint density at radius 2 is 1.93 bits per heavy atom. The summed E-state index contributed by atoms with van der Waals surface area (Å²) >= 11 is 0.494. The third-order valence-corrected chi connectivity index (χ3v) is 2.51. The van der Waals surface area contributed by atoms with Crippen LogP contribution in [0.1, 0.15) is 5.56 Å². The second-order valence-electron chi connectivity index (χ2n) is 3.26. The van der Waals surface area contributed by atoms with Gasteiger partial charge < -0.3 is 4.55 Å². The van der Waals surface area contributed by atoms with E-state index in [2.05, 4.69) is 34.7 Å². The SMILES string of the molecule is OSN=CCc1ccc2ccccc2c1. The van der Waals surface area contributed by atoms with Gasteiger partial charge in [-0.1, -0.05) is 42.5 Å². The molecular formula is C12H11NOS. The van der Waals surface area contributed by atoms with Crippen molar-refractivity contribution in [1.29, 1.82) is 0 Å². The van der Waals surface area contributed by atoms with Gasteiger partial charge >= 0.3 is 0 Å². The summed E-state index contributed by atoms with van der Waals surface area (Å²) in [6, 6.07) is 14.6. The van der Waals surface area contributed by atoms with E-state index in [0.29, 0.717) is 12.2 Å². The number of fused-ring (bicyclic) bond motifs is 1. The first-order valence-corrected chi connectivity index (χ1v) is 5.43. The third-order valence-electron chi connectivity index (χ3n) is 2.26. The molecule has 0 radical (unpaired) electrons. The number of benzene rings is 2. The summed E-state index contributed by atoms with van der Waals surface area (Å²) < 4.78 is 12.1. The molecule has 1 N–H and O–H groups in total. The molecule has 0 fully saturated rings. The molecule has 0 spiro atoms. The lowest BCUT2D eigenvalue weighted by Gasteiger charge is -2.00. The predicted octanol–water partition coefficient (Wildman–Crippen LogP) is 3.57. The van der Waals surface area contributed by atoms with Crippen LogP contribution in [0, 0.1) is 0 Å². The molecule has 0 amide bonds. The summed E-state index contributed by atoms with van der Waals surface area (Å²) in [5.41, 5.74) is 1.20. The van der Waals surface area contributed by atoms with Crippen molar-refractivity contribution in [3.05, 3.63) is 48.0 Å². The Morgan fingerprint density at radius 3 is 2.73 bits per heavy atom. The average Bonchev–Trinajstić information content (AvgIpc) is 2.29. The van der Waals surface area contributed by atoms with Crippen molar-refractivity contribution in [3.8, 4) is 0 Å². The molecule has 0 bridgehead atoms. The van der Waals surface area contributed by atoms with E-state index >= 15 is 0 Å². The molecule has 0 atom stereocenters. The molecular weight excluding hydrogens is 206 g/mol. The zero-order chi connectivity index (χ0) is 10.5. The van der Waals surface area contributed by atoms with Gasteiger partial charge in [-0.2, -0.15) is 0 Å². The van der Waals surface area contributed by atoms with Crippen LogP contribution in [0.2, 0.25) is 0 Å². The van der Waals surface area contributed by atoms with Gasteiger partial charge in [0.25, 0.3) is 0 Å². The average molecular weight is 217 g/mol. The van der Waals surface area contributed by atoms with Gasteiger partial charge in [0.05, 0.1) is 0 Å². The summed E-state index contributed by atoms with van der Waals surface area (Å²) in [4.78, 5) is 0. The predicted molar refractivity (Wildman–Crippen MR) is 66.4 cm³/mol. The van der Waals surface area contributed by atoms with Gasteiger partial charge in [0.1, 0.15) is 12.2 Å². The van der Waals surface area contributed by atoms with Crippen LogP contribution in [-0.4, -0.2) is 10.8 Å². The number of nitrogens with zero attached hydrogens (tertiary/aromatic N) is 1. The van der Waals surface area contributed by atoms with Crippen molar-refractivity contribution in [3.63, 3.8) is 0 Å². The second kappa shape index (κ2) is 4.96. The standard InChI is InChI=1S/C12H11NOS/c14-15-13-8-7-10-5-6-11-3-1-2-4-12(11)9-10/h1-6,8-9,14H,7H2. The summed E-state index contributed by atoms with van der Waals surface area (Å²) in [5.74, 6) is 0. The maximum Gasteiger partial charge on any atom is 0.133 e. The molecule has 2 nitrogen and oxygen atoms in total. The molecule has 2 aromatic carbocycles. The zero-order valence-electron chi connectivity index (χ0n) is 8.13. The Morgan fingerprint density at radius 1 is 1.13 bits per heavy atom. The quantitative estimate of drug-likeness (QED) is 0.484. The molecule has 0 aromatic heterocycles. The van der Waals surface area contributed by atoms with Crippen molar-refractivity contribution >= 4 is 29.2 Å². The minimum absolute atomic E-state index is 0.494. The van der Waals surface area contributed by atoms with Gasteiger partial charge in [-0.15, -0.1) is 0 Å². The van der Waals surface area contributed by atoms with E-state index in [9.17, 15) is 0 Å². The minimum atomic E-state index is 0.494. The van der Waals surface area contributed by atoms with Gasteiger partial charge in [0.15, 0.2) is 0 Å². The normalized spacial score (nSPS) is 11.3. The van der Waals surface area contributed by atoms with Crippen molar-refractivity contribution in [1.82, 2.24) is 0 Å². The highest BCUT2D eigenvalue weighted by molar-refractivity contribution is 7.92. The summed E-state index contributed by atoms with van der Waals surface area (Å²) in [6.07, 6.45) is 2.45. The summed E-state index contributed by atoms with van der Waals surface area (Å²) in [7, 11) is 0. The molecule has 0 unspecified atom stereocenters. The Labute approximate surface area is 93.0 Å². The van der Waals surface area contributed by atoms with Gasteiger partial charge in [0.2, 0.25) is 0 Å². The lowest BCUT2D eigenvalue weighted by Crippen LogP contribution is -1.85. The van der Waals surface area contributed by atoms with Crippen LogP contribution in [-0.2, 0) is 6.42 Å². The van der Waals surface area contributed by atoms with Crippen LogP contribution in [0.5, 0.6) is 0 Å². The molecule has 0 aliphatic carbocycles. The van der Waals surface area contributed by atoms with Crippen molar-refractivity contribution < 1.29 is 4.55 Å². The molecule has 15 heavy (non-hydrogen) atoms. The van der Waals surface area contributed by atoms with Crippen LogP contribution in [0.15, 0.2) is 46.9 Å². The van der Waals surface area contributed by atoms with Crippen molar-refractivity contribution in [2.45, 2.75) is 6.42 Å².